The van der Waals surface area contributed by atoms with Gasteiger partial charge in [0.1, 0.15) is 0 Å². The molecule has 2 nitrogen and oxygen atoms in total. The van der Waals surface area contributed by atoms with E-state index in [2.05, 4.69) is 19.1 Å². The normalized spacial score (nSPS) is 12.7. The number of ether oxygens (including phenoxy) is 1. The maximum absolute atomic E-state index is 9.89. The van der Waals surface area contributed by atoms with Crippen LogP contribution in [0, 0.1) is 0 Å². The van der Waals surface area contributed by atoms with Gasteiger partial charge in [-0.2, -0.15) is 0 Å². The molecular formula is C13H20O2. The predicted octanol–water partition coefficient (Wildman–Crippen LogP) is 2.71. The second kappa shape index (κ2) is 6.59. The zero-order valence-electron chi connectivity index (χ0n) is 9.57. The van der Waals surface area contributed by atoms with Crippen molar-refractivity contribution in [1.29, 1.82) is 0 Å². The van der Waals surface area contributed by atoms with Crippen LogP contribution in [0.3, 0.4) is 0 Å². The average Bonchev–Trinajstić information content (AvgIpc) is 2.29. The van der Waals surface area contributed by atoms with Crippen LogP contribution in [0.25, 0.3) is 0 Å². The zero-order chi connectivity index (χ0) is 11.1. The molecule has 0 spiro atoms. The van der Waals surface area contributed by atoms with Gasteiger partial charge in [-0.15, -0.1) is 0 Å². The van der Waals surface area contributed by atoms with Crippen LogP contribution >= 0.6 is 0 Å². The van der Waals surface area contributed by atoms with Crippen molar-refractivity contribution in [2.75, 3.05) is 13.2 Å². The van der Waals surface area contributed by atoms with Crippen LogP contribution in [0.5, 0.6) is 0 Å². The summed E-state index contributed by atoms with van der Waals surface area (Å²) in [7, 11) is 0. The second-order valence-corrected chi connectivity index (χ2v) is 3.60. The first-order valence-corrected chi connectivity index (χ1v) is 5.62. The minimum atomic E-state index is -0.400. The Kier molecular flexibility index (Phi) is 5.37. The maximum Gasteiger partial charge on any atom is 0.0812 e. The molecule has 0 aliphatic heterocycles. The van der Waals surface area contributed by atoms with Crippen LogP contribution < -0.4 is 0 Å². The second-order valence-electron chi connectivity index (χ2n) is 3.60. The van der Waals surface area contributed by atoms with Crippen molar-refractivity contribution in [2.45, 2.75) is 32.8 Å². The molecule has 15 heavy (non-hydrogen) atoms. The van der Waals surface area contributed by atoms with Crippen molar-refractivity contribution in [3.8, 4) is 0 Å². The fourth-order valence-corrected chi connectivity index (χ4v) is 1.53. The number of aliphatic hydroxyl groups excluding tert-OH is 1. The molecule has 0 aromatic heterocycles. The smallest absolute Gasteiger partial charge is 0.0812 e. The fraction of sp³-hybridized carbons (Fsp3) is 0.538. The van der Waals surface area contributed by atoms with Crippen molar-refractivity contribution < 1.29 is 9.84 Å². The summed E-state index contributed by atoms with van der Waals surface area (Å²) in [6, 6.07) is 8.11. The van der Waals surface area contributed by atoms with Crippen LogP contribution in [-0.2, 0) is 11.2 Å². The maximum atomic E-state index is 9.89. The highest BCUT2D eigenvalue weighted by Crippen LogP contribution is 2.18. The van der Waals surface area contributed by atoms with Crippen LogP contribution in [0.1, 0.15) is 37.5 Å². The average molecular weight is 208 g/mol. The molecule has 0 bridgehead atoms. The van der Waals surface area contributed by atoms with E-state index >= 15 is 0 Å². The Morgan fingerprint density at radius 1 is 1.33 bits per heavy atom. The first kappa shape index (κ1) is 12.2. The van der Waals surface area contributed by atoms with Crippen molar-refractivity contribution in [3.63, 3.8) is 0 Å². The van der Waals surface area contributed by atoms with Gasteiger partial charge in [0.05, 0.1) is 6.10 Å². The highest BCUT2D eigenvalue weighted by molar-refractivity contribution is 5.25. The summed E-state index contributed by atoms with van der Waals surface area (Å²) in [6.07, 6.45) is 1.27. The first-order chi connectivity index (χ1) is 7.27. The van der Waals surface area contributed by atoms with Crippen molar-refractivity contribution in [2.24, 2.45) is 0 Å². The number of hydrogen-bond acceptors (Lipinski definition) is 2. The molecule has 1 aromatic rings. The van der Waals surface area contributed by atoms with Gasteiger partial charge in [0.15, 0.2) is 0 Å². The van der Waals surface area contributed by atoms with Crippen LogP contribution in [0.2, 0.25) is 0 Å². The number of benzene rings is 1. The Hall–Kier alpha value is -0.860. The van der Waals surface area contributed by atoms with Gasteiger partial charge >= 0.3 is 0 Å². The van der Waals surface area contributed by atoms with E-state index in [0.717, 1.165) is 12.0 Å². The Balaban J connectivity index is 2.52. The molecule has 0 radical (unpaired) electrons. The van der Waals surface area contributed by atoms with Gasteiger partial charge in [0, 0.05) is 19.6 Å². The lowest BCUT2D eigenvalue weighted by atomic mass is 10.0. The van der Waals surface area contributed by atoms with E-state index in [0.29, 0.717) is 19.6 Å². The summed E-state index contributed by atoms with van der Waals surface area (Å²) >= 11 is 0. The Labute approximate surface area is 91.9 Å². The highest BCUT2D eigenvalue weighted by atomic mass is 16.5. The molecule has 0 amide bonds. The molecule has 0 saturated heterocycles. The molecule has 0 aliphatic rings. The molecule has 1 unspecified atom stereocenters. The van der Waals surface area contributed by atoms with E-state index in [1.54, 1.807) is 0 Å². The summed E-state index contributed by atoms with van der Waals surface area (Å²) < 4.78 is 5.22. The Bertz CT molecular complexity index is 284. The van der Waals surface area contributed by atoms with Crippen LogP contribution in [-0.4, -0.2) is 18.3 Å². The zero-order valence-corrected chi connectivity index (χ0v) is 9.57. The Morgan fingerprint density at radius 3 is 2.80 bits per heavy atom. The lowest BCUT2D eigenvalue weighted by Crippen LogP contribution is -2.03. The first-order valence-electron chi connectivity index (χ1n) is 5.62. The summed E-state index contributed by atoms with van der Waals surface area (Å²) in [5.74, 6) is 0. The number of aryl methyl sites for hydroxylation is 1. The molecule has 2 heteroatoms. The van der Waals surface area contributed by atoms with E-state index in [1.807, 2.05) is 19.1 Å². The standard InChI is InChI=1S/C13H20O2/c1-3-11-6-5-7-12(10-11)13(14)8-9-15-4-2/h5-7,10,13-14H,3-4,8-9H2,1-2H3. The van der Waals surface area contributed by atoms with Crippen molar-refractivity contribution in [1.82, 2.24) is 0 Å². The largest absolute Gasteiger partial charge is 0.388 e. The number of aliphatic hydroxyl groups is 1. The predicted molar refractivity (Wildman–Crippen MR) is 61.9 cm³/mol. The molecule has 1 rings (SSSR count). The SMILES string of the molecule is CCOCCC(O)c1cccc(CC)c1. The summed E-state index contributed by atoms with van der Waals surface area (Å²) in [6.45, 7) is 5.41. The third kappa shape index (κ3) is 4.02. The third-order valence-electron chi connectivity index (χ3n) is 2.48. The van der Waals surface area contributed by atoms with Gasteiger partial charge in [-0.25, -0.2) is 0 Å². The minimum Gasteiger partial charge on any atom is -0.388 e. The molecule has 0 heterocycles. The molecule has 1 atom stereocenters. The lowest BCUT2D eigenvalue weighted by molar-refractivity contribution is 0.0886. The molecule has 0 aliphatic carbocycles. The summed E-state index contributed by atoms with van der Waals surface area (Å²) in [4.78, 5) is 0. The van der Waals surface area contributed by atoms with E-state index in [4.69, 9.17) is 4.74 Å². The number of rotatable bonds is 6. The summed E-state index contributed by atoms with van der Waals surface area (Å²) in [5.41, 5.74) is 2.26. The van der Waals surface area contributed by atoms with E-state index in [1.165, 1.54) is 5.56 Å². The lowest BCUT2D eigenvalue weighted by Gasteiger charge is -2.11. The molecule has 1 aromatic carbocycles. The van der Waals surface area contributed by atoms with Gasteiger partial charge < -0.3 is 9.84 Å². The van der Waals surface area contributed by atoms with Crippen molar-refractivity contribution in [3.05, 3.63) is 35.4 Å². The van der Waals surface area contributed by atoms with Gasteiger partial charge in [-0.05, 0) is 24.5 Å². The fourth-order valence-electron chi connectivity index (χ4n) is 1.53. The third-order valence-corrected chi connectivity index (χ3v) is 2.48. The van der Waals surface area contributed by atoms with Crippen molar-refractivity contribution >= 4 is 0 Å². The van der Waals surface area contributed by atoms with Crippen LogP contribution in [0.15, 0.2) is 24.3 Å². The quantitative estimate of drug-likeness (QED) is 0.728. The highest BCUT2D eigenvalue weighted by Gasteiger charge is 2.07. The van der Waals surface area contributed by atoms with E-state index < -0.39 is 6.10 Å². The Morgan fingerprint density at radius 2 is 2.13 bits per heavy atom. The summed E-state index contributed by atoms with van der Waals surface area (Å²) in [5, 5.41) is 9.89. The minimum absolute atomic E-state index is 0.400. The van der Waals surface area contributed by atoms with Gasteiger partial charge in [-0.3, -0.25) is 0 Å². The molecular weight excluding hydrogens is 188 g/mol. The van der Waals surface area contributed by atoms with E-state index in [9.17, 15) is 5.11 Å². The molecule has 1 N–H and O–H groups in total. The van der Waals surface area contributed by atoms with Gasteiger partial charge in [0.2, 0.25) is 0 Å². The number of hydrogen-bond donors (Lipinski definition) is 1. The van der Waals surface area contributed by atoms with Gasteiger partial charge in [-0.1, -0.05) is 31.2 Å². The van der Waals surface area contributed by atoms with E-state index in [-0.39, 0.29) is 0 Å². The molecule has 0 fully saturated rings. The van der Waals surface area contributed by atoms with Gasteiger partial charge in [0.25, 0.3) is 0 Å². The monoisotopic (exact) mass is 208 g/mol. The molecule has 84 valence electrons. The van der Waals surface area contributed by atoms with Crippen LogP contribution in [0.4, 0.5) is 0 Å². The topological polar surface area (TPSA) is 29.5 Å². The molecule has 0 saturated carbocycles.